The SMILES string of the molecule is C=CCN(CCC)Cc1cc(C)c(CNC)o1. The molecule has 0 aliphatic heterocycles. The highest BCUT2D eigenvalue weighted by molar-refractivity contribution is 5.20. The molecule has 0 spiro atoms. The van der Waals surface area contributed by atoms with Gasteiger partial charge >= 0.3 is 0 Å². The summed E-state index contributed by atoms with van der Waals surface area (Å²) in [6.07, 6.45) is 3.09. The lowest BCUT2D eigenvalue weighted by molar-refractivity contribution is 0.265. The van der Waals surface area contributed by atoms with Crippen molar-refractivity contribution in [3.8, 4) is 0 Å². The molecule has 0 atom stereocenters. The zero-order valence-corrected chi connectivity index (χ0v) is 11.3. The molecule has 1 aromatic heterocycles. The molecule has 96 valence electrons. The average Bonchev–Trinajstić information content (AvgIpc) is 2.61. The van der Waals surface area contributed by atoms with Gasteiger partial charge in [-0.25, -0.2) is 0 Å². The Morgan fingerprint density at radius 3 is 2.88 bits per heavy atom. The second-order valence-corrected chi connectivity index (χ2v) is 4.37. The summed E-state index contributed by atoms with van der Waals surface area (Å²) < 4.78 is 5.84. The van der Waals surface area contributed by atoms with Crippen LogP contribution in [0.15, 0.2) is 23.1 Å². The summed E-state index contributed by atoms with van der Waals surface area (Å²) in [4.78, 5) is 2.34. The Morgan fingerprint density at radius 2 is 2.29 bits per heavy atom. The van der Waals surface area contributed by atoms with Crippen LogP contribution in [0.25, 0.3) is 0 Å². The maximum Gasteiger partial charge on any atom is 0.120 e. The van der Waals surface area contributed by atoms with Gasteiger partial charge in [0, 0.05) is 6.54 Å². The molecule has 3 heteroatoms. The van der Waals surface area contributed by atoms with Crippen molar-refractivity contribution in [3.63, 3.8) is 0 Å². The van der Waals surface area contributed by atoms with E-state index in [1.165, 1.54) is 5.56 Å². The molecule has 1 rings (SSSR count). The Kier molecular flexibility index (Phi) is 6.01. The molecule has 0 bridgehead atoms. The molecule has 17 heavy (non-hydrogen) atoms. The number of nitrogens with zero attached hydrogens (tertiary/aromatic N) is 1. The average molecular weight is 236 g/mol. The summed E-state index contributed by atoms with van der Waals surface area (Å²) >= 11 is 0. The lowest BCUT2D eigenvalue weighted by Crippen LogP contribution is -2.23. The minimum absolute atomic E-state index is 0.793. The van der Waals surface area contributed by atoms with Gasteiger partial charge in [-0.1, -0.05) is 13.0 Å². The molecule has 0 saturated carbocycles. The normalized spacial score (nSPS) is 11.1. The molecular weight excluding hydrogens is 212 g/mol. The summed E-state index contributed by atoms with van der Waals surface area (Å²) in [6.45, 7) is 11.7. The summed E-state index contributed by atoms with van der Waals surface area (Å²) in [5.74, 6) is 2.08. The first kappa shape index (κ1) is 14.0. The molecule has 0 radical (unpaired) electrons. The third-order valence-electron chi connectivity index (χ3n) is 2.72. The van der Waals surface area contributed by atoms with Crippen LogP contribution >= 0.6 is 0 Å². The molecular formula is C14H24N2O. The largest absolute Gasteiger partial charge is 0.463 e. The highest BCUT2D eigenvalue weighted by Crippen LogP contribution is 2.16. The van der Waals surface area contributed by atoms with Crippen LogP contribution in [0.4, 0.5) is 0 Å². The Labute approximate surface area is 104 Å². The van der Waals surface area contributed by atoms with E-state index in [0.717, 1.165) is 44.1 Å². The van der Waals surface area contributed by atoms with E-state index in [9.17, 15) is 0 Å². The molecule has 0 saturated heterocycles. The number of hydrogen-bond acceptors (Lipinski definition) is 3. The van der Waals surface area contributed by atoms with Crippen LogP contribution in [0.2, 0.25) is 0 Å². The van der Waals surface area contributed by atoms with Crippen LogP contribution in [0.1, 0.15) is 30.4 Å². The van der Waals surface area contributed by atoms with Gasteiger partial charge in [0.2, 0.25) is 0 Å². The highest BCUT2D eigenvalue weighted by Gasteiger charge is 2.10. The number of rotatable bonds is 8. The molecule has 0 amide bonds. The quantitative estimate of drug-likeness (QED) is 0.703. The van der Waals surface area contributed by atoms with Gasteiger partial charge in [-0.3, -0.25) is 4.90 Å². The fourth-order valence-electron chi connectivity index (χ4n) is 1.96. The Hall–Kier alpha value is -1.06. The van der Waals surface area contributed by atoms with Crippen LogP contribution in [0, 0.1) is 6.92 Å². The van der Waals surface area contributed by atoms with Crippen molar-refractivity contribution in [2.75, 3.05) is 20.1 Å². The molecule has 0 aliphatic rings. The Balaban J connectivity index is 2.64. The minimum Gasteiger partial charge on any atom is -0.463 e. The van der Waals surface area contributed by atoms with Crippen LogP contribution in [-0.4, -0.2) is 25.0 Å². The summed E-state index contributed by atoms with van der Waals surface area (Å²) in [6, 6.07) is 2.14. The van der Waals surface area contributed by atoms with E-state index in [2.05, 4.69) is 36.7 Å². The standard InChI is InChI=1S/C14H24N2O/c1-5-7-16(8-6-2)11-13-9-12(3)14(17-13)10-15-4/h5,9,15H,1,6-8,10-11H2,2-4H3. The van der Waals surface area contributed by atoms with E-state index in [-0.39, 0.29) is 0 Å². The lowest BCUT2D eigenvalue weighted by Gasteiger charge is -2.18. The predicted molar refractivity (Wildman–Crippen MR) is 72.0 cm³/mol. The molecule has 0 aliphatic carbocycles. The van der Waals surface area contributed by atoms with E-state index in [4.69, 9.17) is 4.42 Å². The number of aryl methyl sites for hydroxylation is 1. The lowest BCUT2D eigenvalue weighted by atomic mass is 10.2. The monoisotopic (exact) mass is 236 g/mol. The van der Waals surface area contributed by atoms with Crippen LogP contribution in [0.3, 0.4) is 0 Å². The van der Waals surface area contributed by atoms with E-state index in [0.29, 0.717) is 0 Å². The molecule has 1 heterocycles. The second-order valence-electron chi connectivity index (χ2n) is 4.37. The molecule has 0 unspecified atom stereocenters. The van der Waals surface area contributed by atoms with Gasteiger partial charge < -0.3 is 9.73 Å². The maximum absolute atomic E-state index is 5.84. The summed E-state index contributed by atoms with van der Waals surface area (Å²) in [7, 11) is 1.93. The highest BCUT2D eigenvalue weighted by atomic mass is 16.3. The first-order valence-corrected chi connectivity index (χ1v) is 6.27. The first-order chi connectivity index (χ1) is 8.21. The number of nitrogens with one attached hydrogen (secondary N) is 1. The number of furan rings is 1. The van der Waals surface area contributed by atoms with Crippen molar-refractivity contribution >= 4 is 0 Å². The van der Waals surface area contributed by atoms with Crippen molar-refractivity contribution in [1.29, 1.82) is 0 Å². The third kappa shape index (κ3) is 4.36. The van der Waals surface area contributed by atoms with Gasteiger partial charge in [-0.15, -0.1) is 6.58 Å². The van der Waals surface area contributed by atoms with Gasteiger partial charge in [-0.2, -0.15) is 0 Å². The second kappa shape index (κ2) is 7.30. The molecule has 1 N–H and O–H groups in total. The van der Waals surface area contributed by atoms with Crippen molar-refractivity contribution in [3.05, 3.63) is 35.8 Å². The van der Waals surface area contributed by atoms with E-state index >= 15 is 0 Å². The molecule has 3 nitrogen and oxygen atoms in total. The fourth-order valence-corrected chi connectivity index (χ4v) is 1.96. The zero-order valence-electron chi connectivity index (χ0n) is 11.3. The third-order valence-corrected chi connectivity index (χ3v) is 2.72. The van der Waals surface area contributed by atoms with Gasteiger partial charge in [0.15, 0.2) is 0 Å². The molecule has 0 aromatic carbocycles. The fraction of sp³-hybridized carbons (Fsp3) is 0.571. The van der Waals surface area contributed by atoms with Crippen LogP contribution in [-0.2, 0) is 13.1 Å². The van der Waals surface area contributed by atoms with Crippen LogP contribution < -0.4 is 5.32 Å². The molecule has 1 aromatic rings. The summed E-state index contributed by atoms with van der Waals surface area (Å²) in [5, 5.41) is 3.12. The Bertz CT molecular complexity index is 344. The number of hydrogen-bond donors (Lipinski definition) is 1. The van der Waals surface area contributed by atoms with E-state index < -0.39 is 0 Å². The van der Waals surface area contributed by atoms with E-state index in [1.807, 2.05) is 13.1 Å². The van der Waals surface area contributed by atoms with Gasteiger partial charge in [0.1, 0.15) is 11.5 Å². The van der Waals surface area contributed by atoms with Crippen molar-refractivity contribution in [2.24, 2.45) is 0 Å². The minimum atomic E-state index is 0.793. The summed E-state index contributed by atoms with van der Waals surface area (Å²) in [5.41, 5.74) is 1.23. The topological polar surface area (TPSA) is 28.4 Å². The van der Waals surface area contributed by atoms with Gasteiger partial charge in [-0.05, 0) is 38.6 Å². The first-order valence-electron chi connectivity index (χ1n) is 6.27. The van der Waals surface area contributed by atoms with Crippen molar-refractivity contribution in [2.45, 2.75) is 33.4 Å². The Morgan fingerprint density at radius 1 is 1.53 bits per heavy atom. The van der Waals surface area contributed by atoms with Gasteiger partial charge in [0.25, 0.3) is 0 Å². The van der Waals surface area contributed by atoms with Crippen LogP contribution in [0.5, 0.6) is 0 Å². The smallest absolute Gasteiger partial charge is 0.120 e. The molecule has 0 fully saturated rings. The van der Waals surface area contributed by atoms with E-state index in [1.54, 1.807) is 0 Å². The van der Waals surface area contributed by atoms with Gasteiger partial charge in [0.05, 0.1) is 13.1 Å². The zero-order chi connectivity index (χ0) is 12.7. The van der Waals surface area contributed by atoms with Crippen molar-refractivity contribution in [1.82, 2.24) is 10.2 Å². The predicted octanol–water partition coefficient (Wildman–Crippen LogP) is 2.71. The van der Waals surface area contributed by atoms with Crippen molar-refractivity contribution < 1.29 is 4.42 Å². The maximum atomic E-state index is 5.84.